The van der Waals surface area contributed by atoms with Crippen molar-refractivity contribution in [2.24, 2.45) is 5.92 Å². The van der Waals surface area contributed by atoms with Crippen LogP contribution in [0, 0.1) is 5.92 Å². The van der Waals surface area contributed by atoms with Gasteiger partial charge in [-0.15, -0.1) is 0 Å². The molecule has 2 aromatic rings. The van der Waals surface area contributed by atoms with E-state index in [0.717, 1.165) is 44.7 Å². The molecule has 0 saturated carbocycles. The van der Waals surface area contributed by atoms with E-state index in [1.165, 1.54) is 0 Å². The zero-order valence-electron chi connectivity index (χ0n) is 17.0. The molecule has 1 amide bonds. The van der Waals surface area contributed by atoms with Crippen LogP contribution in [0.4, 0.5) is 0 Å². The van der Waals surface area contributed by atoms with Crippen LogP contribution in [0.2, 0.25) is 0 Å². The first-order chi connectivity index (χ1) is 13.7. The Morgan fingerprint density at radius 2 is 1.89 bits per heavy atom. The Hall–Kier alpha value is -2.18. The molecule has 1 N–H and O–H groups in total. The fourth-order valence-corrected chi connectivity index (χ4v) is 3.98. The van der Waals surface area contributed by atoms with Crippen molar-refractivity contribution in [1.29, 1.82) is 0 Å². The zero-order chi connectivity index (χ0) is 19.8. The van der Waals surface area contributed by atoms with Gasteiger partial charge in [0, 0.05) is 43.6 Å². The summed E-state index contributed by atoms with van der Waals surface area (Å²) in [6.45, 7) is 9.31. The first kappa shape index (κ1) is 20.6. The molecule has 0 bridgehead atoms. The molecule has 6 nitrogen and oxygen atoms in total. The van der Waals surface area contributed by atoms with Gasteiger partial charge in [-0.1, -0.05) is 38.8 Å². The topological polar surface area (TPSA) is 59.4 Å². The van der Waals surface area contributed by atoms with Crippen LogP contribution in [0.15, 0.2) is 42.7 Å². The summed E-state index contributed by atoms with van der Waals surface area (Å²) in [5.41, 5.74) is 1.83. The van der Waals surface area contributed by atoms with Gasteiger partial charge < -0.3 is 10.1 Å². The van der Waals surface area contributed by atoms with Crippen molar-refractivity contribution >= 4 is 5.91 Å². The maximum absolute atomic E-state index is 12.7. The first-order valence-electron chi connectivity index (χ1n) is 10.4. The van der Waals surface area contributed by atoms with Gasteiger partial charge in [-0.25, -0.2) is 0 Å². The minimum atomic E-state index is -0.00476. The van der Waals surface area contributed by atoms with E-state index in [4.69, 9.17) is 4.74 Å². The molecule has 0 spiro atoms. The summed E-state index contributed by atoms with van der Waals surface area (Å²) in [4.78, 5) is 15.2. The second-order valence-electron chi connectivity index (χ2n) is 7.40. The Labute approximate surface area is 167 Å². The number of ether oxygens (including phenoxy) is 1. The fourth-order valence-electron chi connectivity index (χ4n) is 3.98. The quantitative estimate of drug-likeness (QED) is 0.722. The predicted molar refractivity (Wildman–Crippen MR) is 110 cm³/mol. The number of amides is 1. The second-order valence-corrected chi connectivity index (χ2v) is 7.40. The monoisotopic (exact) mass is 384 g/mol. The van der Waals surface area contributed by atoms with Gasteiger partial charge in [-0.2, -0.15) is 5.10 Å². The number of hydrogen-bond acceptors (Lipinski definition) is 4. The molecule has 0 radical (unpaired) electrons. The average Bonchev–Trinajstić information content (AvgIpc) is 3.25. The molecule has 152 valence electrons. The lowest BCUT2D eigenvalue weighted by molar-refractivity contribution is 0.00191. The van der Waals surface area contributed by atoms with Crippen LogP contribution in [0.1, 0.15) is 42.6 Å². The number of rotatable bonds is 9. The van der Waals surface area contributed by atoms with Crippen LogP contribution < -0.4 is 5.32 Å². The fraction of sp³-hybridized carbons (Fsp3) is 0.545. The number of nitrogens with zero attached hydrogens (tertiary/aromatic N) is 3. The van der Waals surface area contributed by atoms with Crippen molar-refractivity contribution in [3.8, 4) is 0 Å². The minimum absolute atomic E-state index is 0.00476. The predicted octanol–water partition coefficient (Wildman–Crippen LogP) is 2.80. The highest BCUT2D eigenvalue weighted by molar-refractivity contribution is 5.94. The van der Waals surface area contributed by atoms with Crippen molar-refractivity contribution in [3.05, 3.63) is 53.9 Å². The summed E-state index contributed by atoms with van der Waals surface area (Å²) in [7, 11) is 0. The number of carbonyl (C=O) groups is 1. The van der Waals surface area contributed by atoms with Crippen LogP contribution in [0.5, 0.6) is 0 Å². The number of carbonyl (C=O) groups excluding carboxylic acids is 1. The second kappa shape index (κ2) is 10.4. The molecule has 0 aliphatic carbocycles. The first-order valence-corrected chi connectivity index (χ1v) is 10.4. The number of hydrogen-bond donors (Lipinski definition) is 1. The van der Waals surface area contributed by atoms with Gasteiger partial charge in [0.1, 0.15) is 0 Å². The molecule has 1 fully saturated rings. The standard InChI is InChI=1S/C22H32N4O2/c1-3-19(4-2)21(25-12-14-28-15-13-25)16-23-22(27)20-8-6-18(7-9-20)17-26-11-5-10-24-26/h5-11,19,21H,3-4,12-17H2,1-2H3,(H,23,27). The Kier molecular flexibility index (Phi) is 7.62. The van der Waals surface area contributed by atoms with E-state index in [9.17, 15) is 4.79 Å². The molecule has 1 aromatic heterocycles. The van der Waals surface area contributed by atoms with Crippen molar-refractivity contribution < 1.29 is 9.53 Å². The largest absolute Gasteiger partial charge is 0.379 e. The normalized spacial score (nSPS) is 16.2. The molecule has 1 unspecified atom stereocenters. The lowest BCUT2D eigenvalue weighted by Crippen LogP contribution is -2.52. The maximum atomic E-state index is 12.7. The molecule has 1 aliphatic rings. The smallest absolute Gasteiger partial charge is 0.251 e. The van der Waals surface area contributed by atoms with E-state index in [1.807, 2.05) is 41.2 Å². The Balaban J connectivity index is 1.58. The highest BCUT2D eigenvalue weighted by Gasteiger charge is 2.27. The van der Waals surface area contributed by atoms with E-state index in [0.29, 0.717) is 30.6 Å². The maximum Gasteiger partial charge on any atom is 0.251 e. The van der Waals surface area contributed by atoms with Gasteiger partial charge >= 0.3 is 0 Å². The van der Waals surface area contributed by atoms with Crippen molar-refractivity contribution in [3.63, 3.8) is 0 Å². The van der Waals surface area contributed by atoms with E-state index >= 15 is 0 Å². The number of morpholine rings is 1. The van der Waals surface area contributed by atoms with Crippen LogP contribution in [-0.2, 0) is 11.3 Å². The van der Waals surface area contributed by atoms with E-state index in [-0.39, 0.29) is 5.91 Å². The lowest BCUT2D eigenvalue weighted by atomic mass is 9.92. The van der Waals surface area contributed by atoms with Crippen LogP contribution in [0.3, 0.4) is 0 Å². The lowest BCUT2D eigenvalue weighted by Gasteiger charge is -2.38. The molecule has 1 atom stereocenters. The van der Waals surface area contributed by atoms with E-state index in [2.05, 4.69) is 29.2 Å². The number of benzene rings is 1. The van der Waals surface area contributed by atoms with Gasteiger partial charge in [0.15, 0.2) is 0 Å². The van der Waals surface area contributed by atoms with Crippen molar-refractivity contribution in [2.45, 2.75) is 39.3 Å². The van der Waals surface area contributed by atoms with Gasteiger partial charge in [-0.3, -0.25) is 14.4 Å². The van der Waals surface area contributed by atoms with Crippen LogP contribution >= 0.6 is 0 Å². The highest BCUT2D eigenvalue weighted by atomic mass is 16.5. The molecular weight excluding hydrogens is 352 g/mol. The number of nitrogens with one attached hydrogen (secondary N) is 1. The molecule has 6 heteroatoms. The van der Waals surface area contributed by atoms with Gasteiger partial charge in [0.25, 0.3) is 5.91 Å². The third-order valence-corrected chi connectivity index (χ3v) is 5.70. The van der Waals surface area contributed by atoms with E-state index in [1.54, 1.807) is 6.20 Å². The summed E-state index contributed by atoms with van der Waals surface area (Å²) < 4.78 is 7.38. The Morgan fingerprint density at radius 1 is 1.18 bits per heavy atom. The summed E-state index contributed by atoms with van der Waals surface area (Å²) in [6.07, 6.45) is 5.95. The molecule has 1 aliphatic heterocycles. The minimum Gasteiger partial charge on any atom is -0.379 e. The molecule has 1 aromatic carbocycles. The van der Waals surface area contributed by atoms with Crippen molar-refractivity contribution in [2.75, 3.05) is 32.8 Å². The summed E-state index contributed by atoms with van der Waals surface area (Å²) in [5, 5.41) is 7.39. The average molecular weight is 385 g/mol. The van der Waals surface area contributed by atoms with Gasteiger partial charge in [-0.05, 0) is 29.7 Å². The molecule has 1 saturated heterocycles. The van der Waals surface area contributed by atoms with Crippen LogP contribution in [0.25, 0.3) is 0 Å². The highest BCUT2D eigenvalue weighted by Crippen LogP contribution is 2.19. The van der Waals surface area contributed by atoms with E-state index < -0.39 is 0 Å². The summed E-state index contributed by atoms with van der Waals surface area (Å²) in [5.74, 6) is 0.574. The third kappa shape index (κ3) is 5.42. The summed E-state index contributed by atoms with van der Waals surface area (Å²) in [6, 6.07) is 10.1. The molecule has 28 heavy (non-hydrogen) atoms. The third-order valence-electron chi connectivity index (χ3n) is 5.70. The van der Waals surface area contributed by atoms with Crippen molar-refractivity contribution in [1.82, 2.24) is 20.0 Å². The molecule has 3 rings (SSSR count). The molecule has 2 heterocycles. The Morgan fingerprint density at radius 3 is 2.50 bits per heavy atom. The number of aromatic nitrogens is 2. The summed E-state index contributed by atoms with van der Waals surface area (Å²) >= 11 is 0. The Bertz CT molecular complexity index is 705. The van der Waals surface area contributed by atoms with Crippen LogP contribution in [-0.4, -0.2) is 59.5 Å². The molecular formula is C22H32N4O2. The SMILES string of the molecule is CCC(CC)C(CNC(=O)c1ccc(Cn2cccn2)cc1)N1CCOCC1. The van der Waals surface area contributed by atoms with Gasteiger partial charge in [0.2, 0.25) is 0 Å². The van der Waals surface area contributed by atoms with Gasteiger partial charge in [0.05, 0.1) is 19.8 Å². The zero-order valence-corrected chi connectivity index (χ0v) is 17.0.